The molecule has 2 N–H and O–H groups in total. The van der Waals surface area contributed by atoms with Gasteiger partial charge >= 0.3 is 0 Å². The number of nitrogens with zero attached hydrogens (tertiary/aromatic N) is 2. The Balaban J connectivity index is 1.53. The lowest BCUT2D eigenvalue weighted by molar-refractivity contribution is -0.113. The first-order valence-electron chi connectivity index (χ1n) is 8.31. The minimum absolute atomic E-state index is 0.0935. The van der Waals surface area contributed by atoms with Crippen LogP contribution in [0.25, 0.3) is 0 Å². The van der Waals surface area contributed by atoms with Crippen molar-refractivity contribution in [2.24, 2.45) is 0 Å². The lowest BCUT2D eigenvalue weighted by Gasteiger charge is -2.04. The normalized spacial score (nSPS) is 10.5. The fourth-order valence-electron chi connectivity index (χ4n) is 2.26. The highest BCUT2D eigenvalue weighted by atomic mass is 32.2. The van der Waals surface area contributed by atoms with Crippen LogP contribution in [0.4, 0.5) is 15.2 Å². The number of carbonyl (C=O) groups excluding carboxylic acids is 2. The van der Waals surface area contributed by atoms with Gasteiger partial charge < -0.3 is 5.32 Å². The van der Waals surface area contributed by atoms with E-state index < -0.39 is 5.82 Å². The van der Waals surface area contributed by atoms with Crippen molar-refractivity contribution in [2.45, 2.75) is 18.2 Å². The van der Waals surface area contributed by atoms with Crippen molar-refractivity contribution < 1.29 is 14.0 Å². The van der Waals surface area contributed by atoms with E-state index in [-0.39, 0.29) is 17.6 Å². The molecule has 1 aromatic heterocycles. The number of carbonyl (C=O) groups is 2. The number of hydrogen-bond donors (Lipinski definition) is 2. The van der Waals surface area contributed by atoms with E-state index in [1.807, 2.05) is 26.0 Å². The molecule has 0 bridgehead atoms. The van der Waals surface area contributed by atoms with Crippen molar-refractivity contribution in [1.29, 1.82) is 0 Å². The monoisotopic (exact) mass is 416 g/mol. The number of benzene rings is 2. The Morgan fingerprint density at radius 2 is 1.89 bits per heavy atom. The van der Waals surface area contributed by atoms with E-state index in [1.54, 1.807) is 12.1 Å². The lowest BCUT2D eigenvalue weighted by Crippen LogP contribution is -2.13. The topological polar surface area (TPSA) is 84.0 Å². The van der Waals surface area contributed by atoms with E-state index in [2.05, 4.69) is 20.8 Å². The zero-order valence-electron chi connectivity index (χ0n) is 15.2. The minimum Gasteiger partial charge on any atom is -0.325 e. The number of amides is 2. The predicted octanol–water partition coefficient (Wildman–Crippen LogP) is 4.28. The Bertz CT molecular complexity index is 1020. The number of aryl methyl sites for hydroxylation is 2. The zero-order valence-corrected chi connectivity index (χ0v) is 16.8. The highest BCUT2D eigenvalue weighted by molar-refractivity contribution is 8.01. The molecule has 0 fully saturated rings. The minimum atomic E-state index is -0.418. The molecule has 0 spiro atoms. The third-order valence-corrected chi connectivity index (χ3v) is 5.80. The van der Waals surface area contributed by atoms with E-state index >= 15 is 0 Å². The van der Waals surface area contributed by atoms with Gasteiger partial charge in [-0.2, -0.15) is 0 Å². The van der Waals surface area contributed by atoms with E-state index in [0.717, 1.165) is 11.1 Å². The van der Waals surface area contributed by atoms with Crippen LogP contribution in [0.1, 0.15) is 21.5 Å². The first-order chi connectivity index (χ1) is 13.4. The summed E-state index contributed by atoms with van der Waals surface area (Å²) in [7, 11) is 0. The average Bonchev–Trinajstić information content (AvgIpc) is 3.09. The fourth-order valence-corrected chi connectivity index (χ4v) is 3.81. The van der Waals surface area contributed by atoms with E-state index in [4.69, 9.17) is 0 Å². The number of aromatic nitrogens is 2. The number of anilines is 2. The Morgan fingerprint density at radius 1 is 1.07 bits per heavy atom. The summed E-state index contributed by atoms with van der Waals surface area (Å²) in [6.07, 6.45) is 0. The molecule has 6 nitrogen and oxygen atoms in total. The maximum atomic E-state index is 13.1. The molecule has 28 heavy (non-hydrogen) atoms. The van der Waals surface area contributed by atoms with Crippen LogP contribution >= 0.6 is 23.1 Å². The van der Waals surface area contributed by atoms with Gasteiger partial charge in [-0.1, -0.05) is 35.2 Å². The number of rotatable bonds is 6. The van der Waals surface area contributed by atoms with Crippen molar-refractivity contribution in [3.63, 3.8) is 0 Å². The van der Waals surface area contributed by atoms with Gasteiger partial charge in [-0.3, -0.25) is 14.9 Å². The standard InChI is InChI=1S/C19H17FN4O2S2/c1-11-6-7-13(8-12(11)2)17(26)22-18-23-24-19(28-18)27-10-16(25)21-15-5-3-4-14(20)9-15/h3-9H,10H2,1-2H3,(H,21,25)(H,22,23,26). The summed E-state index contributed by atoms with van der Waals surface area (Å²) in [4.78, 5) is 24.3. The number of halogens is 1. The number of thioether (sulfide) groups is 1. The molecule has 0 atom stereocenters. The van der Waals surface area contributed by atoms with Gasteiger partial charge in [0.2, 0.25) is 11.0 Å². The highest BCUT2D eigenvalue weighted by Gasteiger charge is 2.12. The number of nitrogens with one attached hydrogen (secondary N) is 2. The molecule has 3 rings (SSSR count). The van der Waals surface area contributed by atoms with Crippen molar-refractivity contribution >= 4 is 45.7 Å². The molecule has 0 aliphatic heterocycles. The molecule has 0 saturated heterocycles. The molecular formula is C19H17FN4O2S2. The largest absolute Gasteiger partial charge is 0.325 e. The summed E-state index contributed by atoms with van der Waals surface area (Å²) in [5.74, 6) is -0.874. The van der Waals surface area contributed by atoms with Gasteiger partial charge in [-0.25, -0.2) is 4.39 Å². The van der Waals surface area contributed by atoms with Crippen LogP contribution in [0.3, 0.4) is 0 Å². The quantitative estimate of drug-likeness (QED) is 0.463. The summed E-state index contributed by atoms with van der Waals surface area (Å²) >= 11 is 2.37. The summed E-state index contributed by atoms with van der Waals surface area (Å²) < 4.78 is 13.7. The third-order valence-electron chi connectivity index (χ3n) is 3.83. The van der Waals surface area contributed by atoms with Crippen LogP contribution in [0.2, 0.25) is 0 Å². The van der Waals surface area contributed by atoms with Crippen molar-refractivity contribution in [3.8, 4) is 0 Å². The van der Waals surface area contributed by atoms with Crippen LogP contribution < -0.4 is 10.6 Å². The van der Waals surface area contributed by atoms with Crippen LogP contribution in [-0.2, 0) is 4.79 Å². The Hall–Kier alpha value is -2.78. The first-order valence-corrected chi connectivity index (χ1v) is 10.1. The molecular weight excluding hydrogens is 399 g/mol. The molecule has 0 radical (unpaired) electrons. The van der Waals surface area contributed by atoms with Crippen LogP contribution in [-0.4, -0.2) is 27.8 Å². The summed E-state index contributed by atoms with van der Waals surface area (Å²) in [6, 6.07) is 11.1. The van der Waals surface area contributed by atoms with Crippen molar-refractivity contribution in [1.82, 2.24) is 10.2 Å². The predicted molar refractivity (Wildman–Crippen MR) is 110 cm³/mol. The molecule has 9 heteroatoms. The molecule has 0 saturated carbocycles. The van der Waals surface area contributed by atoms with Crippen LogP contribution in [0, 0.1) is 19.7 Å². The third kappa shape index (κ3) is 5.37. The van der Waals surface area contributed by atoms with Gasteiger partial charge in [0.15, 0.2) is 4.34 Å². The van der Waals surface area contributed by atoms with Gasteiger partial charge in [0.05, 0.1) is 5.75 Å². The fraction of sp³-hybridized carbons (Fsp3) is 0.158. The molecule has 0 aliphatic carbocycles. The van der Waals surface area contributed by atoms with E-state index in [0.29, 0.717) is 20.7 Å². The second kappa shape index (κ2) is 8.94. The van der Waals surface area contributed by atoms with Gasteiger partial charge in [0.1, 0.15) is 5.82 Å². The lowest BCUT2D eigenvalue weighted by atomic mass is 10.1. The number of hydrogen-bond acceptors (Lipinski definition) is 6. The Labute approximate surface area is 169 Å². The molecule has 2 aromatic carbocycles. The van der Waals surface area contributed by atoms with Crippen LogP contribution in [0.5, 0.6) is 0 Å². The maximum Gasteiger partial charge on any atom is 0.257 e. The second-order valence-electron chi connectivity index (χ2n) is 5.97. The Morgan fingerprint density at radius 3 is 2.64 bits per heavy atom. The van der Waals surface area contributed by atoms with Gasteiger partial charge in [-0.05, 0) is 55.3 Å². The SMILES string of the molecule is Cc1ccc(C(=O)Nc2nnc(SCC(=O)Nc3cccc(F)c3)s2)cc1C. The smallest absolute Gasteiger partial charge is 0.257 e. The summed E-state index contributed by atoms with van der Waals surface area (Å²) in [5.41, 5.74) is 3.08. The van der Waals surface area contributed by atoms with Crippen molar-refractivity contribution in [3.05, 3.63) is 65.0 Å². The molecule has 3 aromatic rings. The molecule has 2 amide bonds. The summed E-state index contributed by atoms with van der Waals surface area (Å²) in [5, 5.41) is 13.6. The van der Waals surface area contributed by atoms with Crippen LogP contribution in [0.15, 0.2) is 46.8 Å². The first kappa shape index (κ1) is 20.0. The molecule has 0 unspecified atom stereocenters. The zero-order chi connectivity index (χ0) is 20.1. The average molecular weight is 417 g/mol. The maximum absolute atomic E-state index is 13.1. The second-order valence-corrected chi connectivity index (χ2v) is 8.17. The Kier molecular flexibility index (Phi) is 6.37. The summed E-state index contributed by atoms with van der Waals surface area (Å²) in [6.45, 7) is 3.93. The van der Waals surface area contributed by atoms with Gasteiger partial charge in [0.25, 0.3) is 5.91 Å². The van der Waals surface area contributed by atoms with E-state index in [1.165, 1.54) is 41.3 Å². The molecule has 144 valence electrons. The van der Waals surface area contributed by atoms with E-state index in [9.17, 15) is 14.0 Å². The van der Waals surface area contributed by atoms with Gasteiger partial charge in [-0.15, -0.1) is 10.2 Å². The van der Waals surface area contributed by atoms with Gasteiger partial charge in [0, 0.05) is 11.3 Å². The molecule has 0 aliphatic rings. The highest BCUT2D eigenvalue weighted by Crippen LogP contribution is 2.26. The molecule has 1 heterocycles. The van der Waals surface area contributed by atoms with Crippen molar-refractivity contribution in [2.75, 3.05) is 16.4 Å².